The van der Waals surface area contributed by atoms with Crippen LogP contribution in [0.1, 0.15) is 0 Å². The fourth-order valence-electron chi connectivity index (χ4n) is 0.896. The second kappa shape index (κ2) is 5.43. The van der Waals surface area contributed by atoms with E-state index in [4.69, 9.17) is 0 Å². The third-order valence-electron chi connectivity index (χ3n) is 1.52. The summed E-state index contributed by atoms with van der Waals surface area (Å²) in [6.07, 6.45) is 0. The molecule has 0 saturated heterocycles. The van der Waals surface area contributed by atoms with Gasteiger partial charge in [-0.1, -0.05) is 0 Å². The first kappa shape index (κ1) is 14.3. The van der Waals surface area contributed by atoms with Crippen LogP contribution in [0.15, 0.2) is 18.2 Å². The molecule has 0 saturated carbocycles. The zero-order valence-corrected chi connectivity index (χ0v) is 13.2. The van der Waals surface area contributed by atoms with Crippen LogP contribution in [-0.2, 0) is 0 Å². The fraction of sp³-hybridized carbons (Fsp3) is 0. The molecule has 10 heteroatoms. The summed E-state index contributed by atoms with van der Waals surface area (Å²) in [4.78, 5) is 28.1. The molecule has 0 heterocycles. The van der Waals surface area contributed by atoms with Crippen molar-refractivity contribution in [1.82, 2.24) is 0 Å². The summed E-state index contributed by atoms with van der Waals surface area (Å²) in [7, 11) is 0. The number of nitro benzene ring substituents is 3. The van der Waals surface area contributed by atoms with Crippen molar-refractivity contribution < 1.29 is 14.8 Å². The summed E-state index contributed by atoms with van der Waals surface area (Å²) >= 11 is 0. The molecule has 1 aromatic rings. The standard InChI is InChI=1S/C6H3N3O6.Pb.2H/c10-7(11)4-1-5(8(12)13)3-6(2-4)9(14)15;;;/h1-3H;;;. The molecular formula is C6H5N3O6Pb. The van der Waals surface area contributed by atoms with Crippen molar-refractivity contribution in [2.45, 2.75) is 0 Å². The van der Waals surface area contributed by atoms with E-state index in [2.05, 4.69) is 0 Å². The zero-order chi connectivity index (χ0) is 11.6. The Balaban J connectivity index is 0.00000225. The molecule has 84 valence electrons. The Hall–Kier alpha value is -1.66. The molecule has 0 fully saturated rings. The molecule has 0 aromatic heterocycles. The van der Waals surface area contributed by atoms with E-state index in [1.165, 1.54) is 0 Å². The van der Waals surface area contributed by atoms with Crippen molar-refractivity contribution in [2.24, 2.45) is 0 Å². The monoisotopic (exact) mass is 423 g/mol. The van der Waals surface area contributed by atoms with Crippen LogP contribution in [0.2, 0.25) is 0 Å². The van der Waals surface area contributed by atoms with Crippen LogP contribution in [0.25, 0.3) is 0 Å². The number of nitro groups is 3. The Morgan fingerprint density at radius 2 is 0.875 bits per heavy atom. The van der Waals surface area contributed by atoms with Crippen molar-refractivity contribution in [3.63, 3.8) is 0 Å². The number of hydrogen-bond donors (Lipinski definition) is 0. The van der Waals surface area contributed by atoms with Crippen LogP contribution in [0.3, 0.4) is 0 Å². The van der Waals surface area contributed by atoms with Gasteiger partial charge in [0.05, 0.1) is 33.0 Å². The number of non-ortho nitro benzene ring substituents is 3. The molecule has 2 radical (unpaired) electrons. The first-order valence-corrected chi connectivity index (χ1v) is 3.50. The Morgan fingerprint density at radius 1 is 0.688 bits per heavy atom. The molecule has 0 aliphatic carbocycles. The van der Waals surface area contributed by atoms with Gasteiger partial charge >= 0.3 is 27.3 Å². The van der Waals surface area contributed by atoms with Gasteiger partial charge in [0.15, 0.2) is 0 Å². The Labute approximate surface area is 108 Å². The first-order chi connectivity index (χ1) is 6.91. The summed E-state index contributed by atoms with van der Waals surface area (Å²) in [6, 6.07) is 1.98. The van der Waals surface area contributed by atoms with Gasteiger partial charge in [-0.25, -0.2) is 0 Å². The molecule has 0 aliphatic rings. The summed E-state index contributed by atoms with van der Waals surface area (Å²) in [6.45, 7) is 0. The van der Waals surface area contributed by atoms with Gasteiger partial charge in [0.2, 0.25) is 0 Å². The van der Waals surface area contributed by atoms with Crippen LogP contribution < -0.4 is 0 Å². The molecule has 0 bridgehead atoms. The van der Waals surface area contributed by atoms with E-state index in [1.54, 1.807) is 0 Å². The number of benzene rings is 1. The van der Waals surface area contributed by atoms with E-state index in [1.807, 2.05) is 0 Å². The van der Waals surface area contributed by atoms with Gasteiger partial charge in [-0.3, -0.25) is 30.3 Å². The summed E-state index contributed by atoms with van der Waals surface area (Å²) in [5.74, 6) is 0. The summed E-state index contributed by atoms with van der Waals surface area (Å²) in [5.41, 5.74) is -2.05. The van der Waals surface area contributed by atoms with Crippen molar-refractivity contribution in [1.29, 1.82) is 0 Å². The molecule has 9 nitrogen and oxygen atoms in total. The third-order valence-corrected chi connectivity index (χ3v) is 1.52. The number of rotatable bonds is 3. The van der Waals surface area contributed by atoms with Crippen LogP contribution in [0, 0.1) is 30.3 Å². The van der Waals surface area contributed by atoms with Gasteiger partial charge in [0.1, 0.15) is 0 Å². The van der Waals surface area contributed by atoms with E-state index >= 15 is 0 Å². The van der Waals surface area contributed by atoms with Crippen molar-refractivity contribution in [3.8, 4) is 0 Å². The van der Waals surface area contributed by atoms with E-state index in [0.29, 0.717) is 18.2 Å². The van der Waals surface area contributed by atoms with E-state index in [9.17, 15) is 30.3 Å². The average Bonchev–Trinajstić information content (AvgIpc) is 2.16. The first-order valence-electron chi connectivity index (χ1n) is 3.50. The minimum absolute atomic E-state index is 0. The van der Waals surface area contributed by atoms with Crippen molar-refractivity contribution in [3.05, 3.63) is 48.5 Å². The molecule has 0 unspecified atom stereocenters. The Kier molecular flexibility index (Phi) is 4.87. The van der Waals surface area contributed by atoms with Gasteiger partial charge in [-0.05, 0) is 0 Å². The van der Waals surface area contributed by atoms with E-state index < -0.39 is 31.8 Å². The quantitative estimate of drug-likeness (QED) is 0.396. The maximum absolute atomic E-state index is 10.3. The van der Waals surface area contributed by atoms with Crippen LogP contribution in [0.5, 0.6) is 0 Å². The van der Waals surface area contributed by atoms with Gasteiger partial charge in [-0.15, -0.1) is 0 Å². The zero-order valence-electron chi connectivity index (χ0n) is 7.73. The molecule has 0 atom stereocenters. The topological polar surface area (TPSA) is 129 Å². The third kappa shape index (κ3) is 3.18. The second-order valence-corrected chi connectivity index (χ2v) is 2.48. The minimum atomic E-state index is -0.931. The molecule has 0 aliphatic heterocycles. The van der Waals surface area contributed by atoms with Gasteiger partial charge in [-0.2, -0.15) is 0 Å². The summed E-state index contributed by atoms with van der Waals surface area (Å²) < 4.78 is 0. The molecule has 16 heavy (non-hydrogen) atoms. The Morgan fingerprint density at radius 3 is 1.00 bits per heavy atom. The second-order valence-electron chi connectivity index (χ2n) is 2.48. The predicted molar refractivity (Wildman–Crippen MR) is 54.9 cm³/mol. The molecular weight excluding hydrogens is 417 g/mol. The molecule has 0 spiro atoms. The molecule has 0 amide bonds. The van der Waals surface area contributed by atoms with Crippen LogP contribution in [0.4, 0.5) is 17.1 Å². The number of nitrogens with zero attached hydrogens (tertiary/aromatic N) is 3. The maximum atomic E-state index is 10.3. The summed E-state index contributed by atoms with van der Waals surface area (Å²) in [5, 5.41) is 30.9. The van der Waals surface area contributed by atoms with Gasteiger partial charge in [0, 0.05) is 0 Å². The SMILES string of the molecule is O=[N+]([O-])c1cc([N+](=O)[O-])cc([N+](=O)[O-])c1.[PbH2]. The van der Waals surface area contributed by atoms with Crippen LogP contribution in [-0.4, -0.2) is 42.1 Å². The Bertz CT molecular complexity index is 383. The normalized spacial score (nSPS) is 9.00. The van der Waals surface area contributed by atoms with Gasteiger partial charge in [0.25, 0.3) is 17.1 Å². The average molecular weight is 422 g/mol. The van der Waals surface area contributed by atoms with E-state index in [-0.39, 0.29) is 27.3 Å². The predicted octanol–water partition coefficient (Wildman–Crippen LogP) is 0.495. The van der Waals surface area contributed by atoms with Crippen LogP contribution >= 0.6 is 0 Å². The molecule has 1 aromatic carbocycles. The van der Waals surface area contributed by atoms with E-state index in [0.717, 1.165) is 0 Å². The van der Waals surface area contributed by atoms with Gasteiger partial charge < -0.3 is 0 Å². The molecule has 0 N–H and O–H groups in total. The molecule has 1 rings (SSSR count). The van der Waals surface area contributed by atoms with Crippen molar-refractivity contribution in [2.75, 3.05) is 0 Å². The number of hydrogen-bond acceptors (Lipinski definition) is 6. The fourth-order valence-corrected chi connectivity index (χ4v) is 0.896. The van der Waals surface area contributed by atoms with Crippen molar-refractivity contribution >= 4 is 44.4 Å².